The first-order valence-corrected chi connectivity index (χ1v) is 12.3. The lowest BCUT2D eigenvalue weighted by molar-refractivity contribution is 0.119. The fourth-order valence-corrected chi connectivity index (χ4v) is 5.90. The van der Waals surface area contributed by atoms with Crippen LogP contribution in [-0.2, 0) is 13.0 Å². The summed E-state index contributed by atoms with van der Waals surface area (Å²) in [4.78, 5) is 2.56. The number of methoxy groups -OCH3 is 2. The number of ether oxygens (including phenoxy) is 5. The summed E-state index contributed by atoms with van der Waals surface area (Å²) in [5.74, 6) is 4.31. The van der Waals surface area contributed by atoms with Crippen LogP contribution >= 0.6 is 11.6 Å². The Labute approximate surface area is 210 Å². The Bertz CT molecular complexity index is 1250. The molecule has 0 aliphatic carbocycles. The molecular weight excluding hydrogens is 466 g/mol. The van der Waals surface area contributed by atoms with Gasteiger partial charge in [-0.1, -0.05) is 17.7 Å². The van der Waals surface area contributed by atoms with Crippen LogP contribution in [0.1, 0.15) is 40.6 Å². The smallest absolute Gasteiger partial charge is 0.231 e. The largest absolute Gasteiger partial charge is 0.494 e. The molecule has 0 radical (unpaired) electrons. The van der Waals surface area contributed by atoms with E-state index in [1.807, 2.05) is 30.3 Å². The van der Waals surface area contributed by atoms with Gasteiger partial charge in [-0.15, -0.1) is 0 Å². The quantitative estimate of drug-likeness (QED) is 0.435. The van der Waals surface area contributed by atoms with Crippen molar-refractivity contribution in [3.05, 3.63) is 75.8 Å². The third kappa shape index (κ3) is 3.95. The van der Waals surface area contributed by atoms with E-state index in [1.54, 1.807) is 14.2 Å². The van der Waals surface area contributed by atoms with Crippen LogP contribution in [0.25, 0.3) is 0 Å². The summed E-state index contributed by atoms with van der Waals surface area (Å²) in [5, 5.41) is 0.702. The standard InChI is InChI=1S/C28H28ClNO5/c1-31-24-8-7-20-21(10-12-33-19-5-3-18(29)4-6-19)27-22-14-26-25(34-16-35-26)13-17(22)9-11-30(27)15-23(20)28(24)32-2/h3-8,13-14,21,27H,9-12,15-16H2,1-2H3. The zero-order valence-electron chi connectivity index (χ0n) is 19.9. The molecule has 3 heterocycles. The normalized spacial score (nSPS) is 20.0. The Morgan fingerprint density at radius 1 is 0.971 bits per heavy atom. The van der Waals surface area contributed by atoms with Crippen LogP contribution in [0.5, 0.6) is 28.7 Å². The summed E-state index contributed by atoms with van der Waals surface area (Å²) in [6.07, 6.45) is 1.82. The third-order valence-electron chi connectivity index (χ3n) is 7.35. The summed E-state index contributed by atoms with van der Waals surface area (Å²) in [6.45, 7) is 2.64. The maximum atomic E-state index is 6.14. The Kier molecular flexibility index (Phi) is 5.86. The van der Waals surface area contributed by atoms with Crippen LogP contribution in [0, 0.1) is 0 Å². The minimum absolute atomic E-state index is 0.213. The van der Waals surface area contributed by atoms with E-state index in [0.717, 1.165) is 54.7 Å². The van der Waals surface area contributed by atoms with Gasteiger partial charge in [0.25, 0.3) is 0 Å². The second kappa shape index (κ2) is 9.17. The first-order chi connectivity index (χ1) is 17.2. The minimum atomic E-state index is 0.213. The van der Waals surface area contributed by atoms with E-state index in [1.165, 1.54) is 22.3 Å². The molecule has 2 atom stereocenters. The average Bonchev–Trinajstić information content (AvgIpc) is 3.34. The highest BCUT2D eigenvalue weighted by molar-refractivity contribution is 6.30. The molecule has 0 saturated carbocycles. The van der Waals surface area contributed by atoms with E-state index in [0.29, 0.717) is 11.6 Å². The summed E-state index contributed by atoms with van der Waals surface area (Å²) in [5.41, 5.74) is 5.14. The third-order valence-corrected chi connectivity index (χ3v) is 7.60. The Morgan fingerprint density at radius 2 is 1.77 bits per heavy atom. The summed E-state index contributed by atoms with van der Waals surface area (Å²) >= 11 is 6.04. The lowest BCUT2D eigenvalue weighted by Gasteiger charge is -2.46. The fourth-order valence-electron chi connectivity index (χ4n) is 5.78. The fraction of sp³-hybridized carbons (Fsp3) is 0.357. The number of fused-ring (bicyclic) bond motifs is 5. The SMILES string of the molecule is COc1ccc2c(c1OC)CN1CCc3cc4c(cc3C1C2CCOc1ccc(Cl)cc1)OCO4. The molecule has 3 aromatic rings. The van der Waals surface area contributed by atoms with Crippen LogP contribution in [0.3, 0.4) is 0 Å². The van der Waals surface area contributed by atoms with E-state index in [2.05, 4.69) is 23.1 Å². The molecule has 0 N–H and O–H groups in total. The van der Waals surface area contributed by atoms with Gasteiger partial charge in [0, 0.05) is 35.6 Å². The monoisotopic (exact) mass is 493 g/mol. The topological polar surface area (TPSA) is 49.4 Å². The van der Waals surface area contributed by atoms with Gasteiger partial charge in [0.15, 0.2) is 23.0 Å². The van der Waals surface area contributed by atoms with Gasteiger partial charge in [-0.2, -0.15) is 0 Å². The van der Waals surface area contributed by atoms with Gasteiger partial charge in [0.2, 0.25) is 6.79 Å². The molecule has 0 aromatic heterocycles. The summed E-state index contributed by atoms with van der Waals surface area (Å²) in [6, 6.07) is 16.3. The van der Waals surface area contributed by atoms with Gasteiger partial charge in [-0.3, -0.25) is 4.90 Å². The predicted molar refractivity (Wildman–Crippen MR) is 133 cm³/mol. The molecule has 0 bridgehead atoms. The van der Waals surface area contributed by atoms with Gasteiger partial charge in [0.05, 0.1) is 20.8 Å². The zero-order valence-corrected chi connectivity index (χ0v) is 20.6. The van der Waals surface area contributed by atoms with E-state index >= 15 is 0 Å². The van der Waals surface area contributed by atoms with Crippen molar-refractivity contribution in [1.29, 1.82) is 0 Å². The summed E-state index contributed by atoms with van der Waals surface area (Å²) in [7, 11) is 3.40. The molecule has 3 aliphatic heterocycles. The first kappa shape index (κ1) is 22.4. The van der Waals surface area contributed by atoms with Gasteiger partial charge >= 0.3 is 0 Å². The highest BCUT2D eigenvalue weighted by Gasteiger charge is 2.41. The van der Waals surface area contributed by atoms with E-state index in [4.69, 9.17) is 35.3 Å². The van der Waals surface area contributed by atoms with Gasteiger partial charge in [-0.25, -0.2) is 0 Å². The maximum absolute atomic E-state index is 6.14. The molecule has 0 spiro atoms. The van der Waals surface area contributed by atoms with Crippen molar-refractivity contribution in [2.75, 3.05) is 34.2 Å². The number of halogens is 1. The molecule has 3 aliphatic rings. The van der Waals surface area contributed by atoms with Crippen LogP contribution in [0.2, 0.25) is 5.02 Å². The minimum Gasteiger partial charge on any atom is -0.494 e. The zero-order chi connectivity index (χ0) is 23.9. The molecule has 2 unspecified atom stereocenters. The van der Waals surface area contributed by atoms with Crippen molar-refractivity contribution in [1.82, 2.24) is 4.90 Å². The Morgan fingerprint density at radius 3 is 2.54 bits per heavy atom. The first-order valence-electron chi connectivity index (χ1n) is 11.9. The second-order valence-electron chi connectivity index (χ2n) is 9.14. The lowest BCUT2D eigenvalue weighted by atomic mass is 9.75. The molecule has 7 heteroatoms. The predicted octanol–water partition coefficient (Wildman–Crippen LogP) is 5.75. The second-order valence-corrected chi connectivity index (χ2v) is 9.57. The lowest BCUT2D eigenvalue weighted by Crippen LogP contribution is -2.42. The highest BCUT2D eigenvalue weighted by atomic mass is 35.5. The maximum Gasteiger partial charge on any atom is 0.231 e. The molecule has 35 heavy (non-hydrogen) atoms. The van der Waals surface area contributed by atoms with Crippen LogP contribution in [-0.4, -0.2) is 39.1 Å². The molecule has 6 nitrogen and oxygen atoms in total. The number of hydrogen-bond donors (Lipinski definition) is 0. The van der Waals surface area contributed by atoms with Crippen molar-refractivity contribution in [3.8, 4) is 28.7 Å². The number of rotatable bonds is 6. The van der Waals surface area contributed by atoms with Crippen molar-refractivity contribution in [2.24, 2.45) is 0 Å². The number of hydrogen-bond acceptors (Lipinski definition) is 6. The van der Waals surface area contributed by atoms with Gasteiger partial charge < -0.3 is 23.7 Å². The van der Waals surface area contributed by atoms with E-state index in [-0.39, 0.29) is 18.8 Å². The van der Waals surface area contributed by atoms with Gasteiger partial charge in [-0.05, 0) is 72.0 Å². The molecule has 182 valence electrons. The molecule has 0 fully saturated rings. The van der Waals surface area contributed by atoms with Gasteiger partial charge in [0.1, 0.15) is 5.75 Å². The molecule has 3 aromatic carbocycles. The number of benzene rings is 3. The van der Waals surface area contributed by atoms with Crippen LogP contribution in [0.4, 0.5) is 0 Å². The van der Waals surface area contributed by atoms with E-state index in [9.17, 15) is 0 Å². The van der Waals surface area contributed by atoms with Crippen molar-refractivity contribution >= 4 is 11.6 Å². The summed E-state index contributed by atoms with van der Waals surface area (Å²) < 4.78 is 29.0. The highest BCUT2D eigenvalue weighted by Crippen LogP contribution is 2.52. The van der Waals surface area contributed by atoms with Crippen LogP contribution < -0.4 is 23.7 Å². The van der Waals surface area contributed by atoms with Crippen molar-refractivity contribution in [2.45, 2.75) is 31.3 Å². The molecular formula is C28H28ClNO5. The Balaban J connectivity index is 1.39. The van der Waals surface area contributed by atoms with Crippen molar-refractivity contribution in [3.63, 3.8) is 0 Å². The van der Waals surface area contributed by atoms with E-state index < -0.39 is 0 Å². The van der Waals surface area contributed by atoms with Crippen molar-refractivity contribution < 1.29 is 23.7 Å². The average molecular weight is 494 g/mol. The van der Waals surface area contributed by atoms with Crippen LogP contribution in [0.15, 0.2) is 48.5 Å². The number of nitrogens with zero attached hydrogens (tertiary/aromatic N) is 1. The molecule has 0 amide bonds. The molecule has 6 rings (SSSR count). The molecule has 0 saturated heterocycles. The Hall–Kier alpha value is -3.09.